The summed E-state index contributed by atoms with van der Waals surface area (Å²) in [5.74, 6) is 8.40. The molecule has 0 N–H and O–H groups in total. The summed E-state index contributed by atoms with van der Waals surface area (Å²) in [5, 5.41) is 0. The van der Waals surface area contributed by atoms with E-state index in [0.717, 1.165) is 0 Å². The Kier molecular flexibility index (Phi) is 52.9. The van der Waals surface area contributed by atoms with Crippen LogP contribution in [0.2, 0.25) is 23.0 Å². The second-order valence-electron chi connectivity index (χ2n) is 4.99. The molecule has 0 bridgehead atoms. The quantitative estimate of drug-likeness (QED) is 0.194. The molecule has 0 fully saturated rings. The minimum absolute atomic E-state index is 0. The predicted molar refractivity (Wildman–Crippen MR) is 124 cm³/mol. The average molecular weight is 708 g/mol. The van der Waals surface area contributed by atoms with Gasteiger partial charge >= 0.3 is 69.9 Å². The third-order valence-corrected chi connectivity index (χ3v) is 8.05. The molecule has 7 heteroatoms. The minimum atomic E-state index is -0.861. The molecular weight excluding hydrogens is 665 g/mol. The summed E-state index contributed by atoms with van der Waals surface area (Å²) in [5.41, 5.74) is 0. The Morgan fingerprint density at radius 2 is 0.609 bits per heavy atom. The zero-order valence-corrected chi connectivity index (χ0v) is 27.0. The molecule has 0 aromatic carbocycles. The van der Waals surface area contributed by atoms with Gasteiger partial charge in [-0.05, 0) is 37.0 Å². The van der Waals surface area contributed by atoms with Gasteiger partial charge in [0.1, 0.15) is 0 Å². The summed E-state index contributed by atoms with van der Waals surface area (Å²) in [6, 6.07) is 0. The molecule has 0 unspecified atom stereocenters. The average Bonchev–Trinajstić information content (AvgIpc) is 2.42. The zero-order valence-electron chi connectivity index (χ0n) is 17.2. The van der Waals surface area contributed by atoms with Crippen LogP contribution in [0.25, 0.3) is 0 Å². The molecule has 0 aliphatic rings. The van der Waals surface area contributed by atoms with E-state index >= 15 is 0 Å². The van der Waals surface area contributed by atoms with E-state index in [2.05, 4.69) is 64.6 Å². The Morgan fingerprint density at radius 1 is 0.522 bits per heavy atom. The van der Waals surface area contributed by atoms with Crippen LogP contribution in [0.3, 0.4) is 0 Å². The molecule has 0 rings (SSSR count). The van der Waals surface area contributed by atoms with Crippen molar-refractivity contribution < 1.29 is 21.1 Å². The molecular formula is C16H42Cl2Ge2P2Pt. The third-order valence-electron chi connectivity index (χ3n) is 2.68. The summed E-state index contributed by atoms with van der Waals surface area (Å²) in [6.45, 7) is 13.7. The Hall–Kier alpha value is 3.21. The molecule has 148 valence electrons. The molecule has 0 saturated carbocycles. The molecule has 0 spiro atoms. The first-order valence-corrected chi connectivity index (χ1v) is 26.2. The molecule has 0 nitrogen and oxygen atoms in total. The van der Waals surface area contributed by atoms with E-state index in [1.54, 1.807) is 0 Å². The Balaban J connectivity index is -0.0000000639. The third kappa shape index (κ3) is 58.7. The van der Waals surface area contributed by atoms with Crippen molar-refractivity contribution in [2.24, 2.45) is 0 Å². The van der Waals surface area contributed by atoms with Crippen LogP contribution in [0.5, 0.6) is 0 Å². The summed E-state index contributed by atoms with van der Waals surface area (Å²) in [6.07, 6.45) is 8.51. The first-order valence-electron chi connectivity index (χ1n) is 8.52. The van der Waals surface area contributed by atoms with E-state index in [0.29, 0.717) is 15.8 Å². The summed E-state index contributed by atoms with van der Waals surface area (Å²) in [4.78, 5) is 0. The molecule has 0 amide bonds. The molecule has 0 aliphatic heterocycles. The van der Waals surface area contributed by atoms with Crippen molar-refractivity contribution in [2.45, 2.75) is 64.6 Å². The maximum atomic E-state index is 5.44. The van der Waals surface area contributed by atoms with Crippen molar-refractivity contribution >= 4 is 62.7 Å². The van der Waals surface area contributed by atoms with Gasteiger partial charge in [-0.3, -0.25) is 0 Å². The van der Waals surface area contributed by atoms with Gasteiger partial charge in [-0.2, -0.15) is 0 Å². The van der Waals surface area contributed by atoms with Crippen molar-refractivity contribution in [3.8, 4) is 0 Å². The van der Waals surface area contributed by atoms with Crippen LogP contribution in [-0.2, 0) is 21.1 Å². The number of hydrogen-bond acceptors (Lipinski definition) is 0. The van der Waals surface area contributed by atoms with E-state index in [1.807, 2.05) is 0 Å². The molecule has 0 aliphatic carbocycles. The summed E-state index contributed by atoms with van der Waals surface area (Å²) >= 11 is -1.72. The van der Waals surface area contributed by atoms with E-state index in [9.17, 15) is 0 Å². The van der Waals surface area contributed by atoms with Gasteiger partial charge in [0, 0.05) is 21.1 Å². The van der Waals surface area contributed by atoms with Crippen LogP contribution in [0.15, 0.2) is 0 Å². The van der Waals surface area contributed by atoms with E-state index in [-0.39, 0.29) is 21.1 Å². The minimum Gasteiger partial charge on any atom is 0 e. The fourth-order valence-electron chi connectivity index (χ4n) is 1.34. The van der Waals surface area contributed by atoms with E-state index in [4.69, 9.17) is 20.0 Å². The standard InChI is InChI=1S/2C6H15P.2C2H6ClGe.Pt/c2*1-4-7(5-2)6-3;2*1-4(2)3;/h2*4-6H2,1-3H3;2*1-2H3;. The van der Waals surface area contributed by atoms with Gasteiger partial charge in [-0.25, -0.2) is 0 Å². The van der Waals surface area contributed by atoms with Crippen molar-refractivity contribution in [3.05, 3.63) is 0 Å². The van der Waals surface area contributed by atoms with Crippen molar-refractivity contribution in [3.63, 3.8) is 0 Å². The normalized spacial score (nSPS) is 9.39. The van der Waals surface area contributed by atoms with Crippen LogP contribution in [-0.4, -0.2) is 63.8 Å². The molecule has 0 saturated heterocycles. The second-order valence-corrected chi connectivity index (χ2v) is 26.7. The fourth-order valence-corrected chi connectivity index (χ4v) is 4.02. The molecule has 0 aromatic rings. The van der Waals surface area contributed by atoms with E-state index in [1.165, 1.54) is 37.0 Å². The first-order chi connectivity index (χ1) is 10.2. The van der Waals surface area contributed by atoms with Crippen molar-refractivity contribution in [1.29, 1.82) is 0 Å². The smallest absolute Gasteiger partial charge is 0 e. The first kappa shape index (κ1) is 37.0. The van der Waals surface area contributed by atoms with Crippen LogP contribution in [0.1, 0.15) is 41.5 Å². The van der Waals surface area contributed by atoms with Crippen LogP contribution in [0.4, 0.5) is 0 Å². The second kappa shape index (κ2) is 32.8. The van der Waals surface area contributed by atoms with Crippen LogP contribution < -0.4 is 0 Å². The molecule has 23 heavy (non-hydrogen) atoms. The van der Waals surface area contributed by atoms with Gasteiger partial charge in [-0.15, -0.1) is 15.8 Å². The maximum Gasteiger partial charge on any atom is 0 e. The Morgan fingerprint density at radius 3 is 0.609 bits per heavy atom. The number of rotatable bonds is 6. The predicted octanol–water partition coefficient (Wildman–Crippen LogP) is 8.01. The molecule has 0 atom stereocenters. The Bertz CT molecular complexity index is 138. The van der Waals surface area contributed by atoms with Gasteiger partial charge < -0.3 is 0 Å². The van der Waals surface area contributed by atoms with Crippen LogP contribution >= 0.6 is 35.9 Å². The fraction of sp³-hybridized carbons (Fsp3) is 1.00. The maximum absolute atomic E-state index is 5.44. The summed E-state index contributed by atoms with van der Waals surface area (Å²) in [7, 11) is 11.8. The largest absolute Gasteiger partial charge is 0 e. The molecule has 0 aromatic heterocycles. The number of hydrogen-bond donors (Lipinski definition) is 0. The Labute approximate surface area is 183 Å². The topological polar surface area (TPSA) is 0 Å². The summed E-state index contributed by atoms with van der Waals surface area (Å²) < 4.78 is 0. The van der Waals surface area contributed by atoms with Gasteiger partial charge in [0.25, 0.3) is 0 Å². The SMILES string of the molecule is CCP(CC)CC.CCP(CC)CC.[CH3][Ge]([CH3])[Cl].[CH3][Ge]([CH3])[Cl].[Pt]. The monoisotopic (exact) mass is 709 g/mol. The molecule has 0 heterocycles. The van der Waals surface area contributed by atoms with Crippen LogP contribution in [0, 0.1) is 0 Å². The van der Waals surface area contributed by atoms with Crippen molar-refractivity contribution in [1.82, 2.24) is 0 Å². The van der Waals surface area contributed by atoms with E-state index < -0.39 is 26.8 Å². The van der Waals surface area contributed by atoms with Crippen molar-refractivity contribution in [2.75, 3.05) is 37.0 Å². The van der Waals surface area contributed by atoms with Gasteiger partial charge in [0.05, 0.1) is 0 Å². The number of halogens is 2. The van der Waals surface area contributed by atoms with Gasteiger partial charge in [0.15, 0.2) is 0 Å². The zero-order chi connectivity index (χ0) is 18.6. The van der Waals surface area contributed by atoms with Gasteiger partial charge in [-0.1, -0.05) is 41.5 Å². The van der Waals surface area contributed by atoms with Gasteiger partial charge in [0.2, 0.25) is 0 Å². The molecule has 2 radical (unpaired) electrons.